The Morgan fingerprint density at radius 1 is 0.623 bits per heavy atom. The molecule has 290 valence electrons. The molecule has 0 bridgehead atoms. The van der Waals surface area contributed by atoms with E-state index in [0.29, 0.717) is 28.2 Å². The Morgan fingerprint density at radius 3 is 2.07 bits per heavy atom. The van der Waals surface area contributed by atoms with Crippen LogP contribution in [0.3, 0.4) is 0 Å². The van der Waals surface area contributed by atoms with E-state index in [1.807, 2.05) is 59.3 Å². The van der Waals surface area contributed by atoms with Crippen LogP contribution in [-0.4, -0.2) is 16.3 Å². The lowest BCUT2D eigenvalue weighted by Gasteiger charge is -2.28. The van der Waals surface area contributed by atoms with E-state index in [1.165, 1.54) is 11.1 Å². The van der Waals surface area contributed by atoms with Gasteiger partial charge in [0.05, 0.1) is 36.1 Å². The van der Waals surface area contributed by atoms with E-state index in [9.17, 15) is 0 Å². The molecule has 0 atom stereocenters. The molecule has 1 aliphatic rings. The number of aromatic nitrogens is 3. The molecule has 0 saturated heterocycles. The van der Waals surface area contributed by atoms with Crippen LogP contribution in [0.2, 0.25) is 0 Å². The number of hydrogen-bond donors (Lipinski definition) is 0. The van der Waals surface area contributed by atoms with Crippen LogP contribution in [0.4, 0.5) is 0 Å². The van der Waals surface area contributed by atoms with Crippen molar-refractivity contribution in [3.63, 3.8) is 0 Å². The maximum atomic E-state index is 9.03. The summed E-state index contributed by atoms with van der Waals surface area (Å²) in [7, 11) is 0. The number of benzene rings is 8. The second kappa shape index (κ2) is 14.7. The average Bonchev–Trinajstić information content (AvgIpc) is 3.76. The Balaban J connectivity index is 1.09. The minimum atomic E-state index is -0.564. The first kappa shape index (κ1) is 27.3. The van der Waals surface area contributed by atoms with Crippen LogP contribution in [0.5, 0.6) is 11.5 Å². The van der Waals surface area contributed by atoms with Crippen molar-refractivity contribution in [2.45, 2.75) is 26.2 Å². The monoisotopic (exact) mass is 793 g/mol. The number of rotatable bonds is 7. The van der Waals surface area contributed by atoms with Crippen LogP contribution in [0.25, 0.3) is 66.6 Å². The van der Waals surface area contributed by atoms with Gasteiger partial charge in [-0.05, 0) is 97.6 Å². The molecule has 0 fully saturated rings. The van der Waals surface area contributed by atoms with Crippen molar-refractivity contribution in [2.75, 3.05) is 0 Å². The molecule has 5 heteroatoms. The van der Waals surface area contributed by atoms with Gasteiger partial charge in [-0.1, -0.05) is 183 Å². The predicted octanol–water partition coefficient (Wildman–Crippen LogP) is 11.2. The third-order valence-corrected chi connectivity index (χ3v) is 11.5. The second-order valence-electron chi connectivity index (χ2n) is 16.2. The van der Waals surface area contributed by atoms with Gasteiger partial charge in [0.2, 0.25) is 0 Å². The minimum Gasteiger partial charge on any atom is -0.458 e. The lowest BCUT2D eigenvalue weighted by molar-refractivity contribution is -0.571. The molecule has 0 unspecified atom stereocenters. The van der Waals surface area contributed by atoms with Gasteiger partial charge in [-0.15, -0.1) is 0 Å². The fourth-order valence-electron chi connectivity index (χ4n) is 8.69. The average molecular weight is 794 g/mol. The summed E-state index contributed by atoms with van der Waals surface area (Å²) in [6.45, 7) is 6.44. The van der Waals surface area contributed by atoms with Gasteiger partial charge in [-0.25, -0.2) is 0 Å². The molecule has 0 N–H and O–H groups in total. The quantitative estimate of drug-likeness (QED) is 0.0914. The van der Waals surface area contributed by atoms with Crippen LogP contribution < -0.4 is 25.8 Å². The smallest absolute Gasteiger partial charge is 0.269 e. The number of pyridine rings is 1. The summed E-state index contributed by atoms with van der Waals surface area (Å²) in [6.07, 6.45) is 5.36. The van der Waals surface area contributed by atoms with E-state index in [2.05, 4.69) is 93.8 Å². The van der Waals surface area contributed by atoms with E-state index in [-0.39, 0.29) is 40.1 Å². The molecule has 0 amide bonds. The van der Waals surface area contributed by atoms with Crippen LogP contribution in [-0.2, 0) is 5.41 Å². The summed E-state index contributed by atoms with van der Waals surface area (Å²) in [5.41, 5.74) is 8.74. The molecule has 61 heavy (non-hydrogen) atoms. The third kappa shape index (κ3) is 6.41. The zero-order valence-corrected chi connectivity index (χ0v) is 33.6. The molecular weight excluding hydrogens is 741 g/mol. The van der Waals surface area contributed by atoms with Crippen LogP contribution in [0.15, 0.2) is 200 Å². The third-order valence-electron chi connectivity index (χ3n) is 11.5. The molecule has 1 aliphatic heterocycles. The zero-order chi connectivity index (χ0) is 49.8. The fraction of sp³-hybridized carbons (Fsp3) is 0.0714. The van der Waals surface area contributed by atoms with Crippen molar-refractivity contribution in [2.24, 2.45) is 0 Å². The van der Waals surface area contributed by atoms with Crippen molar-refractivity contribution in [1.29, 1.82) is 0 Å². The number of nitrogens with zero attached hydrogens (tertiary/aromatic N) is 3. The lowest BCUT2D eigenvalue weighted by atomic mass is 9.35. The fourth-order valence-corrected chi connectivity index (χ4v) is 8.69. The van der Waals surface area contributed by atoms with E-state index >= 15 is 0 Å². The first-order valence-electron chi connectivity index (χ1n) is 25.2. The molecule has 2 aromatic heterocycles. The summed E-state index contributed by atoms with van der Waals surface area (Å²) in [6, 6.07) is 37.9. The predicted molar refractivity (Wildman–Crippen MR) is 252 cm³/mol. The molecular formula is C56H42BN3O. The van der Waals surface area contributed by atoms with Crippen LogP contribution in [0.1, 0.15) is 40.0 Å². The van der Waals surface area contributed by atoms with Crippen LogP contribution >= 0.6 is 0 Å². The first-order valence-corrected chi connectivity index (χ1v) is 20.2. The highest BCUT2D eigenvalue weighted by Gasteiger charge is 2.34. The second-order valence-corrected chi connectivity index (χ2v) is 16.2. The van der Waals surface area contributed by atoms with Crippen LogP contribution in [0, 0.1) is 6.33 Å². The molecule has 0 saturated carbocycles. The van der Waals surface area contributed by atoms with Crippen molar-refractivity contribution in [1.82, 2.24) is 9.55 Å². The molecule has 4 nitrogen and oxygen atoms in total. The molecule has 3 heterocycles. The Kier molecular flexibility index (Phi) is 6.56. The van der Waals surface area contributed by atoms with Crippen molar-refractivity contribution >= 4 is 45.0 Å². The van der Waals surface area contributed by atoms with E-state index in [4.69, 9.17) is 23.4 Å². The van der Waals surface area contributed by atoms with Gasteiger partial charge < -0.3 is 4.74 Å². The van der Waals surface area contributed by atoms with Gasteiger partial charge in [0.25, 0.3) is 13.0 Å². The highest BCUT2D eigenvalue weighted by molar-refractivity contribution is 6.98. The summed E-state index contributed by atoms with van der Waals surface area (Å²) >= 11 is 0. The highest BCUT2D eigenvalue weighted by atomic mass is 16.5. The van der Waals surface area contributed by atoms with Crippen molar-refractivity contribution < 1.29 is 23.0 Å². The minimum absolute atomic E-state index is 0.0861. The lowest BCUT2D eigenvalue weighted by Crippen LogP contribution is -2.56. The Morgan fingerprint density at radius 2 is 1.30 bits per heavy atom. The van der Waals surface area contributed by atoms with Gasteiger partial charge >= 0.3 is 0 Å². The number of hydrogen-bond acceptors (Lipinski definition) is 2. The number of para-hydroxylation sites is 3. The maximum absolute atomic E-state index is 9.03. The number of ether oxygens (including phenoxy) is 1. The largest absolute Gasteiger partial charge is 0.458 e. The van der Waals surface area contributed by atoms with Crippen molar-refractivity contribution in [3.8, 4) is 56.3 Å². The standard InChI is InChI=1S/C56H42BN3O/c1-56(2,3)41-31-32-58-53(34-41)57-49-28-11-10-24-47(49)48-27-14-21-40-33-44(36-50(57)54(40)48)61-43-23-15-22-42(35-43)59-37-60(52-30-13-12-29-51(52)59)55-45(38-17-6-4-7-18-38)25-16-26-46(55)39-19-8-5-9-20-39/h4-36H,1-3H3/i4D,5D,6D,7D,8D,9D,17D,18D,19D,20D. The van der Waals surface area contributed by atoms with E-state index in [0.717, 1.165) is 32.9 Å². The molecule has 10 aromatic rings. The zero-order valence-electron chi connectivity index (χ0n) is 43.6. The van der Waals surface area contributed by atoms with Gasteiger partial charge in [0, 0.05) is 11.8 Å². The van der Waals surface area contributed by atoms with E-state index in [1.54, 1.807) is 22.8 Å². The van der Waals surface area contributed by atoms with Gasteiger partial charge in [0.1, 0.15) is 11.5 Å². The summed E-state index contributed by atoms with van der Waals surface area (Å²) in [4.78, 5) is 4.99. The topological polar surface area (TPSA) is 30.9 Å². The SMILES string of the molecule is [2H]c1c([2H])c([2H])c(-c2cccc(-c3c([2H])c([2H])c([2H])c([2H])c3[2H])c2-[n+]2[c-]n(-c3cccc(Oc4cc5c6c(cccc6c4)-c4ccccc4B5c4cc(C(C)(C)C)ccn4)c3)c3ccccc32)c([2H])c1[2H]. The van der Waals surface area contributed by atoms with E-state index < -0.39 is 60.4 Å². The Bertz CT molecular complexity index is 3740. The molecule has 0 aliphatic carbocycles. The Hall–Kier alpha value is -7.50. The van der Waals surface area contributed by atoms with Gasteiger partial charge in [-0.3, -0.25) is 14.1 Å². The molecule has 11 rings (SSSR count). The number of imidazole rings is 1. The molecule has 0 spiro atoms. The normalized spacial score (nSPS) is 14.4. The molecule has 8 aromatic carbocycles. The van der Waals surface area contributed by atoms with Gasteiger partial charge in [-0.2, -0.15) is 0 Å². The maximum Gasteiger partial charge on any atom is 0.269 e. The highest BCUT2D eigenvalue weighted by Crippen LogP contribution is 2.37. The summed E-state index contributed by atoms with van der Waals surface area (Å²) in [5, 5.41) is 2.17. The van der Waals surface area contributed by atoms with Gasteiger partial charge in [0.15, 0.2) is 0 Å². The first-order chi connectivity index (χ1) is 34.0. The Labute approximate surface area is 371 Å². The summed E-state index contributed by atoms with van der Waals surface area (Å²) in [5.74, 6) is 1.16. The number of fused-ring (bicyclic) bond motifs is 3. The molecule has 0 radical (unpaired) electrons. The van der Waals surface area contributed by atoms with Crippen molar-refractivity contribution in [3.05, 3.63) is 212 Å². The summed E-state index contributed by atoms with van der Waals surface area (Å²) < 4.78 is 97.5.